The van der Waals surface area contributed by atoms with E-state index in [2.05, 4.69) is 68.0 Å². The normalized spacial score (nSPS) is 18.6. The smallest absolute Gasteiger partial charge is 0.214 e. The Balaban J connectivity index is 1.10. The summed E-state index contributed by atoms with van der Waals surface area (Å²) < 4.78 is 8.76. The monoisotopic (exact) mass is 555 g/mol. The number of nitrogens with zero attached hydrogens (tertiary/aromatic N) is 9. The second kappa shape index (κ2) is 10.3. The van der Waals surface area contributed by atoms with Gasteiger partial charge in [-0.1, -0.05) is 11.8 Å². The standard InChI is InChI=1S/C32H29N9O/c1-21(4-5-22-8-9-34-31(10-22)42-3)41-27-12-28(41)20-39(19-27)30-7-6-23(14-35-30)29-11-24(26-16-36-38(2)17-26)18-40-32(29)25(13-33)15-37-40/h6-11,14-18,21,27-28H,12,19-20H2,1-3H3. The zero-order valence-corrected chi connectivity index (χ0v) is 23.6. The zero-order valence-electron chi connectivity index (χ0n) is 23.6. The van der Waals surface area contributed by atoms with Crippen molar-refractivity contribution in [3.63, 3.8) is 0 Å². The molecule has 8 rings (SSSR count). The molecule has 0 amide bonds. The molecule has 0 N–H and O–H groups in total. The van der Waals surface area contributed by atoms with Gasteiger partial charge in [-0.2, -0.15) is 15.5 Å². The van der Waals surface area contributed by atoms with Crippen LogP contribution < -0.4 is 9.64 Å². The van der Waals surface area contributed by atoms with Crippen LogP contribution in [0.15, 0.2) is 67.5 Å². The molecule has 42 heavy (non-hydrogen) atoms. The number of aromatic nitrogens is 6. The van der Waals surface area contributed by atoms with Gasteiger partial charge in [0, 0.05) is 90.9 Å². The van der Waals surface area contributed by atoms with Crippen LogP contribution >= 0.6 is 0 Å². The molecule has 0 radical (unpaired) electrons. The number of hydrogen-bond donors (Lipinski definition) is 0. The van der Waals surface area contributed by atoms with Gasteiger partial charge in [0.15, 0.2) is 0 Å². The van der Waals surface area contributed by atoms with Crippen molar-refractivity contribution in [1.82, 2.24) is 34.3 Å². The Labute approximate surface area is 243 Å². The molecule has 3 aliphatic heterocycles. The SMILES string of the molecule is COc1cc(C#CC(C)N2C3CC2CN(c2ccc(-c4cc(-c5cnn(C)c5)cn5ncc(C#N)c45)cn2)C3)ccn1. The third kappa shape index (κ3) is 4.52. The van der Waals surface area contributed by atoms with Crippen LogP contribution in [0.3, 0.4) is 0 Å². The summed E-state index contributed by atoms with van der Waals surface area (Å²) in [4.78, 5) is 13.9. The van der Waals surface area contributed by atoms with Crippen molar-refractivity contribution in [2.45, 2.75) is 31.5 Å². The first-order valence-corrected chi connectivity index (χ1v) is 13.9. The van der Waals surface area contributed by atoms with E-state index >= 15 is 0 Å². The molecule has 0 aliphatic carbocycles. The predicted octanol–water partition coefficient (Wildman–Crippen LogP) is 3.78. The molecule has 5 aromatic rings. The lowest BCUT2D eigenvalue weighted by molar-refractivity contribution is -0.0159. The van der Waals surface area contributed by atoms with Crippen LogP contribution in [-0.4, -0.2) is 72.6 Å². The fraction of sp³-hybridized carbons (Fsp3) is 0.281. The molecule has 3 saturated heterocycles. The van der Waals surface area contributed by atoms with E-state index in [9.17, 15) is 5.26 Å². The Morgan fingerprint density at radius 2 is 1.83 bits per heavy atom. The quantitative estimate of drug-likeness (QED) is 0.302. The van der Waals surface area contributed by atoms with Crippen LogP contribution in [0, 0.1) is 23.2 Å². The Morgan fingerprint density at radius 3 is 2.55 bits per heavy atom. The van der Waals surface area contributed by atoms with Gasteiger partial charge in [0.2, 0.25) is 5.88 Å². The minimum Gasteiger partial charge on any atom is -0.481 e. The molecule has 208 valence electrons. The number of piperazine rings is 1. The first-order chi connectivity index (χ1) is 20.5. The van der Waals surface area contributed by atoms with Crippen molar-refractivity contribution in [2.24, 2.45) is 7.05 Å². The average Bonchev–Trinajstić information content (AvgIpc) is 3.65. The Bertz CT molecular complexity index is 1880. The van der Waals surface area contributed by atoms with Crippen molar-refractivity contribution in [3.05, 3.63) is 78.6 Å². The fourth-order valence-electron chi connectivity index (χ4n) is 6.20. The van der Waals surface area contributed by atoms with Gasteiger partial charge >= 0.3 is 0 Å². The summed E-state index contributed by atoms with van der Waals surface area (Å²) in [6.45, 7) is 4.01. The summed E-state index contributed by atoms with van der Waals surface area (Å²) in [5.41, 5.74) is 6.02. The lowest BCUT2D eigenvalue weighted by atomic mass is 9.85. The maximum Gasteiger partial charge on any atom is 0.214 e. The van der Waals surface area contributed by atoms with Gasteiger partial charge in [-0.15, -0.1) is 0 Å². The van der Waals surface area contributed by atoms with Crippen molar-refractivity contribution < 1.29 is 4.74 Å². The number of ether oxygens (including phenoxy) is 1. The van der Waals surface area contributed by atoms with Gasteiger partial charge in [0.25, 0.3) is 0 Å². The summed E-state index contributed by atoms with van der Waals surface area (Å²) >= 11 is 0. The molecular formula is C32H29N9O. The van der Waals surface area contributed by atoms with Gasteiger partial charge in [0.1, 0.15) is 11.9 Å². The van der Waals surface area contributed by atoms with E-state index in [0.29, 0.717) is 23.5 Å². The molecule has 3 atom stereocenters. The lowest BCUT2D eigenvalue weighted by Crippen LogP contribution is -2.70. The third-order valence-corrected chi connectivity index (χ3v) is 8.22. The molecule has 0 aromatic carbocycles. The van der Waals surface area contributed by atoms with Crippen LogP contribution in [0.5, 0.6) is 5.88 Å². The number of anilines is 1. The number of nitriles is 1. The molecule has 10 nitrogen and oxygen atoms in total. The molecule has 0 spiro atoms. The molecule has 5 aromatic heterocycles. The summed E-state index contributed by atoms with van der Waals surface area (Å²) in [7, 11) is 3.51. The van der Waals surface area contributed by atoms with Crippen LogP contribution in [0.4, 0.5) is 5.82 Å². The topological polar surface area (TPSA) is 100 Å². The molecule has 2 bridgehead atoms. The van der Waals surface area contributed by atoms with Crippen molar-refractivity contribution in [3.8, 4) is 46.0 Å². The fourth-order valence-corrected chi connectivity index (χ4v) is 6.20. The van der Waals surface area contributed by atoms with E-state index in [1.54, 1.807) is 28.7 Å². The molecule has 8 heterocycles. The first kappa shape index (κ1) is 25.8. The highest BCUT2D eigenvalue weighted by atomic mass is 16.5. The zero-order chi connectivity index (χ0) is 28.8. The van der Waals surface area contributed by atoms with Gasteiger partial charge in [-0.3, -0.25) is 9.58 Å². The number of hydrogen-bond acceptors (Lipinski definition) is 8. The molecule has 10 heteroatoms. The summed E-state index contributed by atoms with van der Waals surface area (Å²) in [5.74, 6) is 8.25. The molecule has 3 unspecified atom stereocenters. The van der Waals surface area contributed by atoms with E-state index in [-0.39, 0.29) is 6.04 Å². The largest absolute Gasteiger partial charge is 0.481 e. The van der Waals surface area contributed by atoms with E-state index in [0.717, 1.165) is 52.2 Å². The van der Waals surface area contributed by atoms with E-state index in [4.69, 9.17) is 9.72 Å². The Kier molecular flexibility index (Phi) is 6.34. The van der Waals surface area contributed by atoms with Crippen LogP contribution in [0.25, 0.3) is 27.8 Å². The van der Waals surface area contributed by atoms with E-state index in [1.165, 1.54) is 6.42 Å². The van der Waals surface area contributed by atoms with Gasteiger partial charge < -0.3 is 9.64 Å². The Morgan fingerprint density at radius 1 is 0.976 bits per heavy atom. The maximum absolute atomic E-state index is 9.74. The molecule has 3 fully saturated rings. The number of fused-ring (bicyclic) bond motifs is 3. The van der Waals surface area contributed by atoms with E-state index < -0.39 is 0 Å². The number of piperidine rings is 1. The second-order valence-corrected chi connectivity index (χ2v) is 10.8. The second-order valence-electron chi connectivity index (χ2n) is 10.8. The minimum atomic E-state index is 0.157. The summed E-state index contributed by atoms with van der Waals surface area (Å²) in [5, 5.41) is 18.5. The minimum absolute atomic E-state index is 0.157. The molecule has 0 saturated carbocycles. The van der Waals surface area contributed by atoms with Crippen LogP contribution in [0.2, 0.25) is 0 Å². The molecular weight excluding hydrogens is 526 g/mol. The third-order valence-electron chi connectivity index (χ3n) is 8.22. The highest BCUT2D eigenvalue weighted by Crippen LogP contribution is 2.37. The molecule has 3 aliphatic rings. The van der Waals surface area contributed by atoms with Crippen molar-refractivity contribution in [1.29, 1.82) is 5.26 Å². The highest BCUT2D eigenvalue weighted by molar-refractivity contribution is 5.87. The number of pyridine rings is 3. The number of methoxy groups -OCH3 is 1. The van der Waals surface area contributed by atoms with E-state index in [1.807, 2.05) is 44.0 Å². The summed E-state index contributed by atoms with van der Waals surface area (Å²) in [6, 6.07) is 13.4. The van der Waals surface area contributed by atoms with Crippen LogP contribution in [0.1, 0.15) is 24.5 Å². The summed E-state index contributed by atoms with van der Waals surface area (Å²) in [6.07, 6.45) is 12.1. The van der Waals surface area contributed by atoms with Crippen molar-refractivity contribution >= 4 is 11.3 Å². The van der Waals surface area contributed by atoms with Gasteiger partial charge in [0.05, 0.1) is 36.6 Å². The Hall–Kier alpha value is -5.19. The highest BCUT2D eigenvalue weighted by Gasteiger charge is 2.46. The van der Waals surface area contributed by atoms with Crippen molar-refractivity contribution in [2.75, 3.05) is 25.1 Å². The number of aryl methyl sites for hydroxylation is 1. The van der Waals surface area contributed by atoms with Crippen LogP contribution in [-0.2, 0) is 7.05 Å². The number of rotatable bonds is 5. The lowest BCUT2D eigenvalue weighted by Gasteiger charge is -2.58. The maximum atomic E-state index is 9.74. The first-order valence-electron chi connectivity index (χ1n) is 13.9. The van der Waals surface area contributed by atoms with Gasteiger partial charge in [-0.05, 0) is 37.6 Å². The van der Waals surface area contributed by atoms with Gasteiger partial charge in [-0.25, -0.2) is 14.5 Å². The average molecular weight is 556 g/mol. The predicted molar refractivity (Wildman–Crippen MR) is 159 cm³/mol.